The quantitative estimate of drug-likeness (QED) is 0.800. The van der Waals surface area contributed by atoms with Crippen molar-refractivity contribution in [3.8, 4) is 5.75 Å². The molecule has 0 atom stereocenters. The first kappa shape index (κ1) is 14.3. The van der Waals surface area contributed by atoms with E-state index in [2.05, 4.69) is 9.97 Å². The Labute approximate surface area is 131 Å². The zero-order chi connectivity index (χ0) is 15.7. The number of rotatable bonds is 3. The SMILES string of the molecule is COc1ccc(Cn2c(=O)ccc3cnc(N)nc32)cc1Cl. The number of hydrogen-bond donors (Lipinski definition) is 1. The summed E-state index contributed by atoms with van der Waals surface area (Å²) in [6.07, 6.45) is 1.59. The molecule has 2 N–H and O–H groups in total. The van der Waals surface area contributed by atoms with Crippen LogP contribution in [0.4, 0.5) is 5.95 Å². The van der Waals surface area contributed by atoms with Gasteiger partial charge in [-0.25, -0.2) is 4.98 Å². The molecule has 112 valence electrons. The molecule has 7 heteroatoms. The van der Waals surface area contributed by atoms with E-state index in [0.29, 0.717) is 23.0 Å². The molecular formula is C15H13ClN4O2. The Morgan fingerprint density at radius 2 is 2.14 bits per heavy atom. The first-order chi connectivity index (χ1) is 10.6. The predicted molar refractivity (Wildman–Crippen MR) is 85.3 cm³/mol. The van der Waals surface area contributed by atoms with Crippen LogP contribution < -0.4 is 16.0 Å². The third kappa shape index (κ3) is 2.60. The van der Waals surface area contributed by atoms with Gasteiger partial charge in [0.15, 0.2) is 0 Å². The van der Waals surface area contributed by atoms with Gasteiger partial charge >= 0.3 is 0 Å². The van der Waals surface area contributed by atoms with E-state index in [-0.39, 0.29) is 11.5 Å². The second kappa shape index (κ2) is 5.65. The molecule has 3 rings (SSSR count). The highest BCUT2D eigenvalue weighted by Crippen LogP contribution is 2.25. The average Bonchev–Trinajstić information content (AvgIpc) is 2.50. The fourth-order valence-electron chi connectivity index (χ4n) is 2.23. The molecule has 0 spiro atoms. The van der Waals surface area contributed by atoms with Crippen LogP contribution in [0.5, 0.6) is 5.75 Å². The van der Waals surface area contributed by atoms with E-state index in [1.165, 1.54) is 10.6 Å². The number of aromatic nitrogens is 3. The van der Waals surface area contributed by atoms with Crippen LogP contribution in [0.25, 0.3) is 11.0 Å². The molecule has 3 aromatic rings. The summed E-state index contributed by atoms with van der Waals surface area (Å²) in [6.45, 7) is 0.330. The lowest BCUT2D eigenvalue weighted by molar-refractivity contribution is 0.415. The van der Waals surface area contributed by atoms with E-state index in [9.17, 15) is 4.79 Å². The van der Waals surface area contributed by atoms with E-state index in [4.69, 9.17) is 22.1 Å². The smallest absolute Gasteiger partial charge is 0.252 e. The van der Waals surface area contributed by atoms with Gasteiger partial charge in [0.2, 0.25) is 5.95 Å². The Kier molecular flexibility index (Phi) is 3.68. The van der Waals surface area contributed by atoms with Gasteiger partial charge in [0.05, 0.1) is 18.7 Å². The van der Waals surface area contributed by atoms with E-state index < -0.39 is 0 Å². The van der Waals surface area contributed by atoms with Crippen molar-refractivity contribution in [2.45, 2.75) is 6.54 Å². The molecule has 0 bridgehead atoms. The van der Waals surface area contributed by atoms with Gasteiger partial charge in [-0.3, -0.25) is 9.36 Å². The molecule has 0 aliphatic heterocycles. The number of nitrogen functional groups attached to an aromatic ring is 1. The third-order valence-electron chi connectivity index (χ3n) is 3.30. The van der Waals surface area contributed by atoms with Crippen molar-refractivity contribution in [3.05, 3.63) is 57.5 Å². The molecule has 6 nitrogen and oxygen atoms in total. The lowest BCUT2D eigenvalue weighted by Crippen LogP contribution is -2.21. The monoisotopic (exact) mass is 316 g/mol. The number of ether oxygens (including phenoxy) is 1. The summed E-state index contributed by atoms with van der Waals surface area (Å²) in [4.78, 5) is 20.3. The molecule has 0 aliphatic carbocycles. The number of anilines is 1. The minimum atomic E-state index is -0.169. The van der Waals surface area contributed by atoms with Crippen molar-refractivity contribution in [3.63, 3.8) is 0 Å². The Hall–Kier alpha value is -2.60. The number of benzene rings is 1. The van der Waals surface area contributed by atoms with Crippen molar-refractivity contribution < 1.29 is 4.74 Å². The van der Waals surface area contributed by atoms with E-state index in [0.717, 1.165) is 10.9 Å². The Balaban J connectivity index is 2.10. The number of nitrogens with zero attached hydrogens (tertiary/aromatic N) is 3. The molecule has 0 saturated heterocycles. The highest BCUT2D eigenvalue weighted by atomic mass is 35.5. The maximum absolute atomic E-state index is 12.2. The van der Waals surface area contributed by atoms with Crippen LogP contribution in [0.1, 0.15) is 5.56 Å². The fraction of sp³-hybridized carbons (Fsp3) is 0.133. The first-order valence-corrected chi connectivity index (χ1v) is 6.91. The topological polar surface area (TPSA) is 83.0 Å². The third-order valence-corrected chi connectivity index (χ3v) is 3.59. The molecule has 0 fully saturated rings. The molecule has 22 heavy (non-hydrogen) atoms. The second-order valence-electron chi connectivity index (χ2n) is 4.73. The predicted octanol–water partition coefficient (Wildman–Crippen LogP) is 2.08. The summed E-state index contributed by atoms with van der Waals surface area (Å²) < 4.78 is 6.66. The summed E-state index contributed by atoms with van der Waals surface area (Å²) in [5.74, 6) is 0.710. The van der Waals surface area contributed by atoms with E-state index >= 15 is 0 Å². The van der Waals surface area contributed by atoms with Gasteiger partial charge in [0, 0.05) is 17.6 Å². The van der Waals surface area contributed by atoms with Crippen LogP contribution in [-0.4, -0.2) is 21.6 Å². The van der Waals surface area contributed by atoms with Gasteiger partial charge in [-0.1, -0.05) is 17.7 Å². The highest BCUT2D eigenvalue weighted by Gasteiger charge is 2.08. The van der Waals surface area contributed by atoms with Gasteiger partial charge in [-0.05, 0) is 23.8 Å². The largest absolute Gasteiger partial charge is 0.495 e. The summed E-state index contributed by atoms with van der Waals surface area (Å²) in [5.41, 5.74) is 6.81. The first-order valence-electron chi connectivity index (χ1n) is 6.53. The van der Waals surface area contributed by atoms with Crippen LogP contribution in [0.2, 0.25) is 5.02 Å². The van der Waals surface area contributed by atoms with E-state index in [1.807, 2.05) is 6.07 Å². The van der Waals surface area contributed by atoms with E-state index in [1.54, 1.807) is 31.5 Å². The number of hydrogen-bond acceptors (Lipinski definition) is 5. The van der Waals surface area contributed by atoms with Gasteiger partial charge < -0.3 is 10.5 Å². The van der Waals surface area contributed by atoms with Crippen LogP contribution in [0, 0.1) is 0 Å². The number of methoxy groups -OCH3 is 1. The summed E-state index contributed by atoms with van der Waals surface area (Å²) in [6, 6.07) is 8.52. The molecule has 1 aromatic carbocycles. The lowest BCUT2D eigenvalue weighted by atomic mass is 10.2. The minimum absolute atomic E-state index is 0.125. The number of nitrogens with two attached hydrogens (primary N) is 1. The van der Waals surface area contributed by atoms with Crippen molar-refractivity contribution in [2.24, 2.45) is 0 Å². The number of fused-ring (bicyclic) bond motifs is 1. The van der Waals surface area contributed by atoms with Crippen molar-refractivity contribution >= 4 is 28.6 Å². The van der Waals surface area contributed by atoms with Crippen molar-refractivity contribution in [1.82, 2.24) is 14.5 Å². The zero-order valence-electron chi connectivity index (χ0n) is 11.8. The highest BCUT2D eigenvalue weighted by molar-refractivity contribution is 6.32. The van der Waals surface area contributed by atoms with Crippen LogP contribution in [-0.2, 0) is 6.54 Å². The second-order valence-corrected chi connectivity index (χ2v) is 5.14. The molecule has 0 aliphatic rings. The maximum Gasteiger partial charge on any atom is 0.252 e. The Morgan fingerprint density at radius 1 is 1.32 bits per heavy atom. The molecule has 0 radical (unpaired) electrons. The molecule has 0 amide bonds. The maximum atomic E-state index is 12.2. The van der Waals surface area contributed by atoms with Crippen molar-refractivity contribution in [2.75, 3.05) is 12.8 Å². The van der Waals surface area contributed by atoms with Crippen molar-refractivity contribution in [1.29, 1.82) is 0 Å². The number of pyridine rings is 1. The minimum Gasteiger partial charge on any atom is -0.495 e. The average molecular weight is 317 g/mol. The Morgan fingerprint density at radius 3 is 2.86 bits per heavy atom. The van der Waals surface area contributed by atoms with Gasteiger partial charge in [0.1, 0.15) is 11.4 Å². The fourth-order valence-corrected chi connectivity index (χ4v) is 2.51. The molecule has 0 unspecified atom stereocenters. The molecule has 2 heterocycles. The summed E-state index contributed by atoms with van der Waals surface area (Å²) in [7, 11) is 1.55. The van der Waals surface area contributed by atoms with Gasteiger partial charge in [-0.2, -0.15) is 4.98 Å². The number of halogens is 1. The standard InChI is InChI=1S/C15H13ClN4O2/c1-22-12-4-2-9(6-11(12)16)8-20-13(21)5-3-10-7-18-15(17)19-14(10)20/h2-7H,8H2,1H3,(H2,17,18,19). The molecule has 0 saturated carbocycles. The summed E-state index contributed by atoms with van der Waals surface area (Å²) in [5, 5.41) is 1.23. The lowest BCUT2D eigenvalue weighted by Gasteiger charge is -2.11. The normalized spacial score (nSPS) is 10.8. The Bertz CT molecular complexity index is 908. The molecular weight excluding hydrogens is 304 g/mol. The van der Waals surface area contributed by atoms with Gasteiger partial charge in [0.25, 0.3) is 5.56 Å². The van der Waals surface area contributed by atoms with Gasteiger partial charge in [-0.15, -0.1) is 0 Å². The zero-order valence-corrected chi connectivity index (χ0v) is 12.5. The van der Waals surface area contributed by atoms with Crippen LogP contribution in [0.3, 0.4) is 0 Å². The molecule has 2 aromatic heterocycles. The summed E-state index contributed by atoms with van der Waals surface area (Å²) >= 11 is 6.12. The van der Waals surface area contributed by atoms with Crippen LogP contribution >= 0.6 is 11.6 Å². The van der Waals surface area contributed by atoms with Crippen LogP contribution in [0.15, 0.2) is 41.3 Å².